The van der Waals surface area contributed by atoms with Crippen LogP contribution >= 0.6 is 11.3 Å². The van der Waals surface area contributed by atoms with Crippen molar-refractivity contribution in [1.29, 1.82) is 0 Å². The Balaban J connectivity index is 1.57. The van der Waals surface area contributed by atoms with E-state index in [-0.39, 0.29) is 18.1 Å². The second-order valence-electron chi connectivity index (χ2n) is 6.13. The number of methoxy groups -OCH3 is 1. The summed E-state index contributed by atoms with van der Waals surface area (Å²) in [5.74, 6) is 0.712. The quantitative estimate of drug-likeness (QED) is 0.873. The van der Waals surface area contributed by atoms with E-state index in [0.29, 0.717) is 12.1 Å². The molecule has 0 atom stereocenters. The zero-order chi connectivity index (χ0) is 16.9. The number of benzene rings is 1. The van der Waals surface area contributed by atoms with Gasteiger partial charge in [0.2, 0.25) is 0 Å². The van der Waals surface area contributed by atoms with Crippen molar-refractivity contribution in [1.82, 2.24) is 10.3 Å². The molecule has 0 aliphatic heterocycles. The fraction of sp³-hybridized carbons (Fsp3) is 0.444. The summed E-state index contributed by atoms with van der Waals surface area (Å²) in [4.78, 5) is 16.8. The third kappa shape index (κ3) is 4.33. The molecule has 3 rings (SSSR count). The van der Waals surface area contributed by atoms with Crippen LogP contribution in [0.4, 0.5) is 0 Å². The van der Waals surface area contributed by atoms with Crippen LogP contribution in [0.3, 0.4) is 0 Å². The summed E-state index contributed by atoms with van der Waals surface area (Å²) in [6.45, 7) is 0. The average molecular weight is 346 g/mol. The predicted octanol–water partition coefficient (Wildman–Crippen LogP) is 2.78. The smallest absolute Gasteiger partial charge is 0.270 e. The van der Waals surface area contributed by atoms with E-state index in [2.05, 4.69) is 10.3 Å². The average Bonchev–Trinajstić information content (AvgIpc) is 3.06. The third-order valence-electron chi connectivity index (χ3n) is 4.33. The molecule has 1 aliphatic rings. The molecule has 128 valence electrons. The number of ether oxygens (including phenoxy) is 1. The van der Waals surface area contributed by atoms with Gasteiger partial charge < -0.3 is 15.2 Å². The number of nitrogens with zero attached hydrogens (tertiary/aromatic N) is 1. The molecule has 1 fully saturated rings. The van der Waals surface area contributed by atoms with Crippen LogP contribution in [-0.2, 0) is 6.42 Å². The van der Waals surface area contributed by atoms with Gasteiger partial charge in [0.15, 0.2) is 0 Å². The topological polar surface area (TPSA) is 71.5 Å². The molecule has 24 heavy (non-hydrogen) atoms. The molecular weight excluding hydrogens is 324 g/mol. The van der Waals surface area contributed by atoms with E-state index in [1.54, 1.807) is 7.11 Å². The maximum absolute atomic E-state index is 12.3. The van der Waals surface area contributed by atoms with E-state index in [4.69, 9.17) is 4.74 Å². The highest BCUT2D eigenvalue weighted by molar-refractivity contribution is 7.09. The van der Waals surface area contributed by atoms with Gasteiger partial charge in [0.25, 0.3) is 5.91 Å². The number of carbonyl (C=O) groups is 1. The summed E-state index contributed by atoms with van der Waals surface area (Å²) in [6, 6.07) is 8.01. The Bertz CT molecular complexity index is 676. The first kappa shape index (κ1) is 16.9. The fourth-order valence-electron chi connectivity index (χ4n) is 2.89. The lowest BCUT2D eigenvalue weighted by Gasteiger charge is -2.25. The first-order valence-electron chi connectivity index (χ1n) is 8.20. The molecule has 1 aromatic carbocycles. The zero-order valence-corrected chi connectivity index (χ0v) is 14.5. The minimum Gasteiger partial charge on any atom is -0.497 e. The van der Waals surface area contributed by atoms with E-state index in [1.165, 1.54) is 11.3 Å². The van der Waals surface area contributed by atoms with Gasteiger partial charge in [0.1, 0.15) is 11.4 Å². The number of hydrogen-bond acceptors (Lipinski definition) is 5. The summed E-state index contributed by atoms with van der Waals surface area (Å²) in [5, 5.41) is 15.3. The van der Waals surface area contributed by atoms with Gasteiger partial charge in [-0.25, -0.2) is 4.98 Å². The molecule has 0 radical (unpaired) electrons. The minimum atomic E-state index is -0.214. The first-order chi connectivity index (χ1) is 11.6. The Morgan fingerprint density at radius 3 is 2.67 bits per heavy atom. The molecule has 2 aromatic rings. The molecule has 0 unspecified atom stereocenters. The summed E-state index contributed by atoms with van der Waals surface area (Å²) in [5.41, 5.74) is 1.62. The summed E-state index contributed by atoms with van der Waals surface area (Å²) < 4.78 is 5.15. The van der Waals surface area contributed by atoms with Crippen molar-refractivity contribution in [2.75, 3.05) is 7.11 Å². The highest BCUT2D eigenvalue weighted by Gasteiger charge is 2.22. The third-order valence-corrected chi connectivity index (χ3v) is 5.18. The van der Waals surface area contributed by atoms with Gasteiger partial charge in [-0.05, 0) is 43.4 Å². The Hall–Kier alpha value is -1.92. The van der Waals surface area contributed by atoms with Gasteiger partial charge in [0, 0.05) is 17.8 Å². The Kier molecular flexibility index (Phi) is 5.48. The Labute approximate surface area is 145 Å². The van der Waals surface area contributed by atoms with Crippen LogP contribution in [0.2, 0.25) is 0 Å². The van der Waals surface area contributed by atoms with Gasteiger partial charge in [-0.3, -0.25) is 4.79 Å². The molecule has 2 N–H and O–H groups in total. The minimum absolute atomic E-state index is 0.117. The van der Waals surface area contributed by atoms with Crippen molar-refractivity contribution < 1.29 is 14.6 Å². The number of aromatic nitrogens is 1. The van der Waals surface area contributed by atoms with Crippen LogP contribution < -0.4 is 10.1 Å². The highest BCUT2D eigenvalue weighted by Crippen LogP contribution is 2.20. The number of rotatable bonds is 5. The molecule has 1 aromatic heterocycles. The van der Waals surface area contributed by atoms with Crippen molar-refractivity contribution >= 4 is 17.2 Å². The Morgan fingerprint density at radius 2 is 2.00 bits per heavy atom. The monoisotopic (exact) mass is 346 g/mol. The number of carbonyl (C=O) groups excluding carboxylic acids is 1. The summed E-state index contributed by atoms with van der Waals surface area (Å²) in [6.07, 6.45) is 3.66. The Morgan fingerprint density at radius 1 is 1.29 bits per heavy atom. The van der Waals surface area contributed by atoms with Gasteiger partial charge in [-0.1, -0.05) is 12.1 Å². The second-order valence-corrected chi connectivity index (χ2v) is 7.07. The molecule has 1 aliphatic carbocycles. The van der Waals surface area contributed by atoms with Gasteiger partial charge in [0.05, 0.1) is 18.2 Å². The van der Waals surface area contributed by atoms with Gasteiger partial charge in [-0.15, -0.1) is 11.3 Å². The number of aliphatic hydroxyl groups is 1. The molecule has 0 bridgehead atoms. The number of amides is 1. The van der Waals surface area contributed by atoms with E-state index >= 15 is 0 Å². The van der Waals surface area contributed by atoms with E-state index in [0.717, 1.165) is 42.0 Å². The standard InChI is InChI=1S/C18H22N2O3S/c1-23-15-8-2-12(3-9-15)10-17-20-16(11-24-17)18(22)19-13-4-6-14(21)7-5-13/h2-3,8-9,11,13-14,21H,4-7,10H2,1H3,(H,19,22). The maximum Gasteiger partial charge on any atom is 0.270 e. The predicted molar refractivity (Wildman–Crippen MR) is 93.6 cm³/mol. The lowest BCUT2D eigenvalue weighted by molar-refractivity contribution is 0.0863. The summed E-state index contributed by atoms with van der Waals surface area (Å²) in [7, 11) is 1.65. The largest absolute Gasteiger partial charge is 0.497 e. The molecule has 0 spiro atoms. The van der Waals surface area contributed by atoms with Gasteiger partial charge in [-0.2, -0.15) is 0 Å². The normalized spacial score (nSPS) is 20.6. The number of nitrogens with one attached hydrogen (secondary N) is 1. The molecule has 5 nitrogen and oxygen atoms in total. The first-order valence-corrected chi connectivity index (χ1v) is 9.08. The SMILES string of the molecule is COc1ccc(Cc2nc(C(=O)NC3CCC(O)CC3)cs2)cc1. The molecule has 1 amide bonds. The fourth-order valence-corrected chi connectivity index (χ4v) is 3.70. The van der Waals surface area contributed by atoms with Crippen molar-refractivity contribution in [2.45, 2.75) is 44.2 Å². The van der Waals surface area contributed by atoms with Crippen molar-refractivity contribution in [3.63, 3.8) is 0 Å². The van der Waals surface area contributed by atoms with Crippen LogP contribution in [-0.4, -0.2) is 35.3 Å². The lowest BCUT2D eigenvalue weighted by Crippen LogP contribution is -2.38. The molecular formula is C18H22N2O3S. The van der Waals surface area contributed by atoms with E-state index < -0.39 is 0 Å². The lowest BCUT2D eigenvalue weighted by atomic mass is 9.93. The van der Waals surface area contributed by atoms with Crippen molar-refractivity contribution in [3.8, 4) is 5.75 Å². The number of aliphatic hydroxyl groups excluding tert-OH is 1. The van der Waals surface area contributed by atoms with Crippen molar-refractivity contribution in [2.24, 2.45) is 0 Å². The van der Waals surface area contributed by atoms with Crippen molar-refractivity contribution in [3.05, 3.63) is 45.9 Å². The molecule has 1 saturated carbocycles. The summed E-state index contributed by atoms with van der Waals surface area (Å²) >= 11 is 1.50. The van der Waals surface area contributed by atoms with Crippen LogP contribution in [0.15, 0.2) is 29.6 Å². The number of thiazole rings is 1. The molecule has 1 heterocycles. The van der Waals surface area contributed by atoms with Crippen LogP contribution in [0, 0.1) is 0 Å². The van der Waals surface area contributed by atoms with Crippen LogP contribution in [0.5, 0.6) is 5.75 Å². The second kappa shape index (κ2) is 7.77. The number of hydrogen-bond donors (Lipinski definition) is 2. The molecule has 0 saturated heterocycles. The van der Waals surface area contributed by atoms with E-state index in [9.17, 15) is 9.90 Å². The van der Waals surface area contributed by atoms with Crippen LogP contribution in [0.25, 0.3) is 0 Å². The zero-order valence-electron chi connectivity index (χ0n) is 13.7. The van der Waals surface area contributed by atoms with E-state index in [1.807, 2.05) is 29.6 Å². The highest BCUT2D eigenvalue weighted by atomic mass is 32.1. The van der Waals surface area contributed by atoms with Gasteiger partial charge >= 0.3 is 0 Å². The maximum atomic E-state index is 12.3. The molecule has 6 heteroatoms. The van der Waals surface area contributed by atoms with Crippen LogP contribution in [0.1, 0.15) is 46.7 Å².